The molecule has 2 heterocycles. The molecule has 2 fully saturated rings. The lowest BCUT2D eigenvalue weighted by Crippen LogP contribution is -2.76. The fraction of sp³-hybridized carbons (Fsp3) is 0.385. The minimum absolute atomic E-state index is 0.0143. The quantitative estimate of drug-likeness (QED) is 0.457. The van der Waals surface area contributed by atoms with Gasteiger partial charge in [0, 0.05) is 23.1 Å². The fourth-order valence-electron chi connectivity index (χ4n) is 5.93. The first-order valence-electron chi connectivity index (χ1n) is 11.7. The van der Waals surface area contributed by atoms with Crippen LogP contribution in [0.4, 0.5) is 4.39 Å². The molecule has 1 saturated carbocycles. The molecule has 1 aromatic carbocycles. The molecule has 4 N–H and O–H groups in total. The van der Waals surface area contributed by atoms with Crippen LogP contribution in [0.15, 0.2) is 59.1 Å². The second-order valence-corrected chi connectivity index (χ2v) is 9.73. The number of carbonyl (C=O) groups excluding carboxylic acids is 4. The zero-order valence-corrected chi connectivity index (χ0v) is 19.8. The number of rotatable bonds is 4. The molecule has 194 valence electrons. The number of Topliss-reactive ketones (excluding diaryl/α,β-unsaturated/α-hetero) is 1. The predicted octanol–water partition coefficient (Wildman–Crippen LogP) is 1.94. The fourth-order valence-corrected chi connectivity index (χ4v) is 5.93. The van der Waals surface area contributed by atoms with Crippen LogP contribution in [0.2, 0.25) is 0 Å². The largest absolute Gasteiger partial charge is 0.472 e. The smallest absolute Gasteiger partial charge is 0.343 e. The molecule has 2 aromatic rings. The first-order chi connectivity index (χ1) is 17.6. The lowest BCUT2D eigenvalue weighted by molar-refractivity contribution is -0.179. The Hall–Kier alpha value is -3.83. The molecule has 1 aromatic heterocycles. The highest BCUT2D eigenvalue weighted by Gasteiger charge is 2.67. The molecule has 0 spiro atoms. The maximum atomic E-state index is 13.9. The zero-order valence-electron chi connectivity index (χ0n) is 19.8. The highest BCUT2D eigenvalue weighted by Crippen LogP contribution is 2.55. The van der Waals surface area contributed by atoms with Crippen molar-refractivity contribution in [2.45, 2.75) is 36.4 Å². The van der Waals surface area contributed by atoms with Crippen LogP contribution in [0, 0.1) is 23.6 Å². The minimum Gasteiger partial charge on any atom is -0.472 e. The van der Waals surface area contributed by atoms with Crippen LogP contribution in [0.25, 0.3) is 0 Å². The number of hydrogen-bond donors (Lipinski definition) is 2. The van der Waals surface area contributed by atoms with E-state index in [9.17, 15) is 23.6 Å². The predicted molar refractivity (Wildman–Crippen MR) is 123 cm³/mol. The van der Waals surface area contributed by atoms with E-state index >= 15 is 0 Å². The van der Waals surface area contributed by atoms with Crippen molar-refractivity contribution in [3.63, 3.8) is 0 Å². The summed E-state index contributed by atoms with van der Waals surface area (Å²) in [6.07, 6.45) is 3.48. The third-order valence-electron chi connectivity index (χ3n) is 7.73. The summed E-state index contributed by atoms with van der Waals surface area (Å²) in [6.45, 7) is 0. The molecular weight excluding hydrogens is 487 g/mol. The molecule has 6 atom stereocenters. The van der Waals surface area contributed by atoms with Gasteiger partial charge in [0.2, 0.25) is 5.78 Å². The Bertz CT molecular complexity index is 1290. The van der Waals surface area contributed by atoms with E-state index in [-0.39, 0.29) is 24.8 Å². The SMILES string of the molecule is COC(=O)[C@@H]1C=C(OC(=O)c2ccc(F)cc2)C(=O)[C@H]2[C@@]1(N)CC[C@H]1C(=O)O[C@H](c3ccoc3)C[C@]21N. The molecule has 37 heavy (non-hydrogen) atoms. The average Bonchev–Trinajstić information content (AvgIpc) is 3.40. The Morgan fingerprint density at radius 1 is 1.11 bits per heavy atom. The van der Waals surface area contributed by atoms with E-state index in [1.165, 1.54) is 37.8 Å². The number of carbonyl (C=O) groups is 4. The monoisotopic (exact) mass is 512 g/mol. The normalized spacial score (nSPS) is 32.9. The molecule has 10 nitrogen and oxygen atoms in total. The number of furan rings is 1. The number of hydrogen-bond acceptors (Lipinski definition) is 10. The Morgan fingerprint density at radius 3 is 2.49 bits per heavy atom. The van der Waals surface area contributed by atoms with Crippen LogP contribution < -0.4 is 11.5 Å². The number of halogens is 1. The van der Waals surface area contributed by atoms with Gasteiger partial charge in [-0.3, -0.25) is 14.4 Å². The summed E-state index contributed by atoms with van der Waals surface area (Å²) >= 11 is 0. The molecule has 1 saturated heterocycles. The van der Waals surface area contributed by atoms with Gasteiger partial charge in [0.15, 0.2) is 5.76 Å². The van der Waals surface area contributed by atoms with Gasteiger partial charge in [0.05, 0.1) is 43.0 Å². The van der Waals surface area contributed by atoms with Crippen LogP contribution in [-0.2, 0) is 28.6 Å². The maximum Gasteiger partial charge on any atom is 0.343 e. The molecular formula is C26H25FN2O8. The molecule has 0 amide bonds. The van der Waals surface area contributed by atoms with Gasteiger partial charge in [0.25, 0.3) is 0 Å². The van der Waals surface area contributed by atoms with E-state index in [1.54, 1.807) is 6.07 Å². The highest BCUT2D eigenvalue weighted by molar-refractivity contribution is 6.04. The van der Waals surface area contributed by atoms with Crippen LogP contribution in [0.1, 0.15) is 41.3 Å². The van der Waals surface area contributed by atoms with Gasteiger partial charge < -0.3 is 30.1 Å². The van der Waals surface area contributed by atoms with Crippen molar-refractivity contribution in [2.75, 3.05) is 7.11 Å². The van der Waals surface area contributed by atoms with Crippen LogP contribution in [-0.4, -0.2) is 41.9 Å². The lowest BCUT2D eigenvalue weighted by Gasteiger charge is -2.58. The molecule has 0 unspecified atom stereocenters. The number of ether oxygens (including phenoxy) is 3. The van der Waals surface area contributed by atoms with Crippen molar-refractivity contribution in [1.29, 1.82) is 0 Å². The van der Waals surface area contributed by atoms with Crippen molar-refractivity contribution < 1.29 is 42.2 Å². The molecule has 5 rings (SSSR count). The van der Waals surface area contributed by atoms with Crippen molar-refractivity contribution in [2.24, 2.45) is 29.2 Å². The number of cyclic esters (lactones) is 1. The first-order valence-corrected chi connectivity index (χ1v) is 11.7. The van der Waals surface area contributed by atoms with E-state index in [2.05, 4.69) is 0 Å². The van der Waals surface area contributed by atoms with Gasteiger partial charge in [-0.15, -0.1) is 0 Å². The van der Waals surface area contributed by atoms with E-state index in [1.807, 2.05) is 0 Å². The van der Waals surface area contributed by atoms with Gasteiger partial charge in [-0.25, -0.2) is 9.18 Å². The highest BCUT2D eigenvalue weighted by atomic mass is 19.1. The molecule has 1 aliphatic heterocycles. The third-order valence-corrected chi connectivity index (χ3v) is 7.73. The minimum atomic E-state index is -1.53. The van der Waals surface area contributed by atoms with Crippen molar-refractivity contribution in [1.82, 2.24) is 0 Å². The van der Waals surface area contributed by atoms with E-state index in [0.717, 1.165) is 12.1 Å². The first kappa shape index (κ1) is 24.8. The summed E-state index contributed by atoms with van der Waals surface area (Å²) in [4.78, 5) is 52.6. The average molecular weight is 512 g/mol. The van der Waals surface area contributed by atoms with E-state index < -0.39 is 70.2 Å². The second-order valence-electron chi connectivity index (χ2n) is 9.73. The summed E-state index contributed by atoms with van der Waals surface area (Å²) in [5.74, 6) is -7.36. The molecule has 2 aliphatic carbocycles. The second kappa shape index (κ2) is 8.93. The van der Waals surface area contributed by atoms with Crippen LogP contribution in [0.3, 0.4) is 0 Å². The zero-order chi connectivity index (χ0) is 26.5. The van der Waals surface area contributed by atoms with Crippen molar-refractivity contribution in [3.05, 3.63) is 71.6 Å². The Balaban J connectivity index is 1.56. The van der Waals surface area contributed by atoms with Gasteiger partial charge >= 0.3 is 17.9 Å². The Morgan fingerprint density at radius 2 is 1.84 bits per heavy atom. The number of methoxy groups -OCH3 is 1. The van der Waals surface area contributed by atoms with Crippen molar-refractivity contribution >= 4 is 23.7 Å². The number of ketones is 1. The number of nitrogens with two attached hydrogens (primary N) is 2. The lowest BCUT2D eigenvalue weighted by atomic mass is 9.50. The summed E-state index contributed by atoms with van der Waals surface area (Å²) in [6, 6.07) is 6.16. The molecule has 11 heteroatoms. The maximum absolute atomic E-state index is 13.9. The summed E-state index contributed by atoms with van der Waals surface area (Å²) in [5, 5.41) is 0. The molecule has 0 radical (unpaired) electrons. The van der Waals surface area contributed by atoms with E-state index in [4.69, 9.17) is 30.1 Å². The molecule has 3 aliphatic rings. The summed E-state index contributed by atoms with van der Waals surface area (Å²) in [5.41, 5.74) is 11.2. The summed E-state index contributed by atoms with van der Waals surface area (Å²) < 4.78 is 34.4. The topological polar surface area (TPSA) is 161 Å². The number of fused-ring (bicyclic) bond motifs is 3. The van der Waals surface area contributed by atoms with Crippen molar-refractivity contribution in [3.8, 4) is 0 Å². The van der Waals surface area contributed by atoms with Crippen LogP contribution in [0.5, 0.6) is 0 Å². The van der Waals surface area contributed by atoms with Gasteiger partial charge in [0.1, 0.15) is 11.9 Å². The van der Waals surface area contributed by atoms with E-state index in [0.29, 0.717) is 5.56 Å². The standard InChI is InChI=1S/C26H25FN2O8/c1-34-23(32)17-10-18(36-22(31)13-2-4-15(27)5-3-13)20(30)21-25(17,28)8-6-16-24(33)37-19(11-26(16,21)29)14-7-9-35-12-14/h2-5,7,9-10,12,16-17,19,21H,6,8,11,28-29H2,1H3/t16-,17-,19-,21-,25+,26+/m0/s1. The summed E-state index contributed by atoms with van der Waals surface area (Å²) in [7, 11) is 1.17. The number of allylic oxidation sites excluding steroid dienone is 1. The number of benzene rings is 1. The number of esters is 3. The van der Waals surface area contributed by atoms with Crippen LogP contribution >= 0.6 is 0 Å². The molecule has 0 bridgehead atoms. The third kappa shape index (κ3) is 3.94. The van der Waals surface area contributed by atoms with Gasteiger partial charge in [-0.2, -0.15) is 0 Å². The van der Waals surface area contributed by atoms with Gasteiger partial charge in [-0.05, 0) is 49.2 Å². The van der Waals surface area contributed by atoms with Gasteiger partial charge in [-0.1, -0.05) is 0 Å². The Labute approximate surface area is 210 Å². The Kier molecular flexibility index (Phi) is 5.99.